The van der Waals surface area contributed by atoms with Crippen molar-refractivity contribution in [3.8, 4) is 0 Å². The largest absolute Gasteiger partial charge is 0.462 e. The number of hydrogen-bond acceptors (Lipinski definition) is 10. The van der Waals surface area contributed by atoms with Crippen molar-refractivity contribution in [2.45, 2.75) is 84.5 Å². The van der Waals surface area contributed by atoms with E-state index >= 15 is 0 Å². The van der Waals surface area contributed by atoms with Gasteiger partial charge in [0, 0.05) is 41.0 Å². The van der Waals surface area contributed by atoms with Crippen molar-refractivity contribution in [3.63, 3.8) is 0 Å². The summed E-state index contributed by atoms with van der Waals surface area (Å²) in [6.07, 6.45) is -4.51. The Hall–Kier alpha value is -2.69. The molecule has 11 nitrogen and oxygen atoms in total. The molecule has 30 heavy (non-hydrogen) atoms. The summed E-state index contributed by atoms with van der Waals surface area (Å²) in [6, 6.07) is -0.915. The molecule has 6 atom stereocenters. The van der Waals surface area contributed by atoms with Crippen LogP contribution in [0.1, 0.15) is 48.0 Å². The first kappa shape index (κ1) is 25.3. The SMILES string of the molecule is CC(=O)N[C@H]1[C@H]([C@H](OC(C)=O)[C@@H](COC(C)=O)OC(C)=O)OC(C)C[C@@H]1OC(C)=O. The van der Waals surface area contributed by atoms with E-state index < -0.39 is 73.0 Å². The third-order valence-electron chi connectivity index (χ3n) is 4.16. The average Bonchev–Trinajstić information content (AvgIpc) is 2.57. The van der Waals surface area contributed by atoms with Crippen molar-refractivity contribution in [2.24, 2.45) is 0 Å². The number of esters is 4. The number of hydrogen-bond donors (Lipinski definition) is 1. The Labute approximate surface area is 174 Å². The van der Waals surface area contributed by atoms with E-state index in [1.165, 1.54) is 20.8 Å². The van der Waals surface area contributed by atoms with Crippen LogP contribution >= 0.6 is 0 Å². The summed E-state index contributed by atoms with van der Waals surface area (Å²) >= 11 is 0. The van der Waals surface area contributed by atoms with E-state index in [9.17, 15) is 24.0 Å². The third kappa shape index (κ3) is 8.36. The molecule has 1 N–H and O–H groups in total. The summed E-state index contributed by atoms with van der Waals surface area (Å²) in [6.45, 7) is 7.25. The predicted octanol–water partition coefficient (Wildman–Crippen LogP) is 0.0267. The molecule has 0 spiro atoms. The summed E-state index contributed by atoms with van der Waals surface area (Å²) in [5.41, 5.74) is 0. The van der Waals surface area contributed by atoms with Crippen molar-refractivity contribution >= 4 is 29.8 Å². The lowest BCUT2D eigenvalue weighted by atomic mass is 9.90. The van der Waals surface area contributed by atoms with Gasteiger partial charge in [-0.3, -0.25) is 24.0 Å². The van der Waals surface area contributed by atoms with Gasteiger partial charge in [-0.25, -0.2) is 0 Å². The van der Waals surface area contributed by atoms with Crippen LogP contribution in [-0.4, -0.2) is 73.0 Å². The van der Waals surface area contributed by atoms with Crippen molar-refractivity contribution in [3.05, 3.63) is 0 Å². The van der Waals surface area contributed by atoms with Gasteiger partial charge in [-0.1, -0.05) is 0 Å². The van der Waals surface area contributed by atoms with Gasteiger partial charge in [0.25, 0.3) is 0 Å². The molecule has 170 valence electrons. The molecule has 0 aliphatic carbocycles. The molecule has 0 aromatic rings. The molecular weight excluding hydrogens is 402 g/mol. The minimum Gasteiger partial charge on any atom is -0.462 e. The highest BCUT2D eigenvalue weighted by Crippen LogP contribution is 2.29. The fraction of sp³-hybridized carbons (Fsp3) is 0.737. The molecule has 1 unspecified atom stereocenters. The summed E-state index contributed by atoms with van der Waals surface area (Å²) in [5, 5.41) is 2.65. The summed E-state index contributed by atoms with van der Waals surface area (Å²) < 4.78 is 26.8. The van der Waals surface area contributed by atoms with E-state index in [-0.39, 0.29) is 6.42 Å². The Morgan fingerprint density at radius 1 is 0.933 bits per heavy atom. The van der Waals surface area contributed by atoms with E-state index in [4.69, 9.17) is 23.7 Å². The second-order valence-corrected chi connectivity index (χ2v) is 7.05. The Morgan fingerprint density at radius 2 is 1.53 bits per heavy atom. The maximum absolute atomic E-state index is 11.8. The lowest BCUT2D eigenvalue weighted by Crippen LogP contribution is -2.64. The first-order chi connectivity index (χ1) is 13.9. The molecule has 0 radical (unpaired) electrons. The number of rotatable bonds is 8. The van der Waals surface area contributed by atoms with Crippen LogP contribution in [0.4, 0.5) is 0 Å². The van der Waals surface area contributed by atoms with Gasteiger partial charge in [0.05, 0.1) is 12.1 Å². The predicted molar refractivity (Wildman–Crippen MR) is 99.9 cm³/mol. The zero-order chi connectivity index (χ0) is 23.0. The van der Waals surface area contributed by atoms with Crippen LogP contribution in [0.2, 0.25) is 0 Å². The maximum Gasteiger partial charge on any atom is 0.303 e. The van der Waals surface area contributed by atoms with Crippen LogP contribution < -0.4 is 5.32 Å². The standard InChI is InChI=1S/C19H29NO10/c1-9-7-15(28-12(4)23)17(20-10(2)21)19(27-9)18(30-14(6)25)16(29-13(5)24)8-26-11(3)22/h9,15-19H,7-8H2,1-6H3,(H,20,21)/t9?,15-,16+,17+,18+,19+/m0/s1. The lowest BCUT2D eigenvalue weighted by molar-refractivity contribution is -0.211. The van der Waals surface area contributed by atoms with Crippen molar-refractivity contribution in [1.82, 2.24) is 5.32 Å². The second kappa shape index (κ2) is 11.5. The molecule has 11 heteroatoms. The molecule has 1 aliphatic rings. The molecule has 0 bridgehead atoms. The van der Waals surface area contributed by atoms with Crippen LogP contribution in [0, 0.1) is 0 Å². The Balaban J connectivity index is 3.36. The average molecular weight is 431 g/mol. The first-order valence-corrected chi connectivity index (χ1v) is 9.48. The Kier molecular flexibility index (Phi) is 9.70. The van der Waals surface area contributed by atoms with Crippen molar-refractivity contribution in [2.75, 3.05) is 6.61 Å². The van der Waals surface area contributed by atoms with Gasteiger partial charge >= 0.3 is 23.9 Å². The van der Waals surface area contributed by atoms with Crippen LogP contribution in [0.15, 0.2) is 0 Å². The minimum absolute atomic E-state index is 0.274. The van der Waals surface area contributed by atoms with Crippen molar-refractivity contribution < 1.29 is 47.7 Å². The van der Waals surface area contributed by atoms with E-state index in [0.29, 0.717) is 0 Å². The van der Waals surface area contributed by atoms with Gasteiger partial charge in [-0.15, -0.1) is 0 Å². The smallest absolute Gasteiger partial charge is 0.303 e. The molecular formula is C19H29NO10. The fourth-order valence-electron chi connectivity index (χ4n) is 3.27. The molecule has 1 aliphatic heterocycles. The lowest BCUT2D eigenvalue weighted by Gasteiger charge is -2.44. The number of amides is 1. The molecule has 1 fully saturated rings. The highest BCUT2D eigenvalue weighted by atomic mass is 16.6. The quantitative estimate of drug-likeness (QED) is 0.413. The van der Waals surface area contributed by atoms with Gasteiger partial charge in [0.15, 0.2) is 12.2 Å². The number of ether oxygens (including phenoxy) is 5. The minimum atomic E-state index is -1.26. The molecule has 0 aromatic heterocycles. The maximum atomic E-state index is 11.8. The van der Waals surface area contributed by atoms with Gasteiger partial charge in [0.1, 0.15) is 18.8 Å². The van der Waals surface area contributed by atoms with Crippen LogP contribution in [0.3, 0.4) is 0 Å². The Morgan fingerprint density at radius 3 is 2.00 bits per heavy atom. The second-order valence-electron chi connectivity index (χ2n) is 7.05. The third-order valence-corrected chi connectivity index (χ3v) is 4.16. The highest BCUT2D eigenvalue weighted by molar-refractivity contribution is 5.73. The summed E-state index contributed by atoms with van der Waals surface area (Å²) in [7, 11) is 0. The normalized spacial score (nSPS) is 25.3. The molecule has 0 saturated carbocycles. The molecule has 0 aromatic carbocycles. The number of nitrogens with one attached hydrogen (secondary N) is 1. The van der Waals surface area contributed by atoms with Crippen LogP contribution in [0.5, 0.6) is 0 Å². The molecule has 1 rings (SSSR count). The molecule has 1 saturated heterocycles. The Bertz CT molecular complexity index is 664. The zero-order valence-electron chi connectivity index (χ0n) is 18.0. The van der Waals surface area contributed by atoms with E-state index in [2.05, 4.69) is 5.32 Å². The van der Waals surface area contributed by atoms with Gasteiger partial charge in [-0.05, 0) is 6.92 Å². The van der Waals surface area contributed by atoms with Gasteiger partial charge < -0.3 is 29.0 Å². The molecule has 1 heterocycles. The van der Waals surface area contributed by atoms with E-state index in [1.807, 2.05) is 0 Å². The van der Waals surface area contributed by atoms with E-state index in [0.717, 1.165) is 13.8 Å². The van der Waals surface area contributed by atoms with Crippen molar-refractivity contribution in [1.29, 1.82) is 0 Å². The number of carbonyl (C=O) groups excluding carboxylic acids is 5. The summed E-state index contributed by atoms with van der Waals surface area (Å²) in [4.78, 5) is 58.1. The first-order valence-electron chi connectivity index (χ1n) is 9.48. The zero-order valence-corrected chi connectivity index (χ0v) is 18.0. The highest BCUT2D eigenvalue weighted by Gasteiger charge is 2.48. The molecule has 1 amide bonds. The topological polar surface area (TPSA) is 144 Å². The van der Waals surface area contributed by atoms with Crippen LogP contribution in [0.25, 0.3) is 0 Å². The van der Waals surface area contributed by atoms with Gasteiger partial charge in [-0.2, -0.15) is 0 Å². The van der Waals surface area contributed by atoms with E-state index in [1.54, 1.807) is 6.92 Å². The number of carbonyl (C=O) groups is 5. The monoisotopic (exact) mass is 431 g/mol. The summed E-state index contributed by atoms with van der Waals surface area (Å²) in [5.74, 6) is -3.06. The fourth-order valence-corrected chi connectivity index (χ4v) is 3.27. The van der Waals surface area contributed by atoms with Gasteiger partial charge in [0.2, 0.25) is 5.91 Å². The van der Waals surface area contributed by atoms with Crippen LogP contribution in [-0.2, 0) is 47.7 Å².